The molecule has 0 heterocycles. The Labute approximate surface area is 78.9 Å². The Morgan fingerprint density at radius 1 is 1.58 bits per heavy atom. The van der Waals surface area contributed by atoms with E-state index in [0.29, 0.717) is 18.3 Å². The molecule has 1 saturated carbocycles. The van der Waals surface area contributed by atoms with Gasteiger partial charge in [-0.2, -0.15) is 0 Å². The molecule has 0 aromatic carbocycles. The van der Waals surface area contributed by atoms with E-state index in [2.05, 4.69) is 0 Å². The summed E-state index contributed by atoms with van der Waals surface area (Å²) < 4.78 is 0. The Bertz CT molecular complexity index is 157. The number of carbonyl (C=O) groups excluding carboxylic acids is 1. The van der Waals surface area contributed by atoms with Gasteiger partial charge in [0.1, 0.15) is 0 Å². The maximum atomic E-state index is 11.5. The van der Waals surface area contributed by atoms with Crippen molar-refractivity contribution in [1.82, 2.24) is 4.90 Å². The zero-order valence-electron chi connectivity index (χ0n) is 7.55. The molecule has 0 unspecified atom stereocenters. The van der Waals surface area contributed by atoms with Gasteiger partial charge >= 0.3 is 0 Å². The number of alkyl halides is 1. The first-order chi connectivity index (χ1) is 5.77. The first-order valence-corrected chi connectivity index (χ1v) is 5.15. The smallest absolute Gasteiger partial charge is 0.222 e. The molecule has 0 atom stereocenters. The van der Waals surface area contributed by atoms with Crippen molar-refractivity contribution in [2.24, 2.45) is 5.92 Å². The summed E-state index contributed by atoms with van der Waals surface area (Å²) in [4.78, 5) is 13.3. The molecule has 70 valence electrons. The van der Waals surface area contributed by atoms with Gasteiger partial charge in [0.05, 0.1) is 0 Å². The molecular formula is C9H16ClNO. The minimum Gasteiger partial charge on any atom is -0.342 e. The van der Waals surface area contributed by atoms with Gasteiger partial charge in [-0.3, -0.25) is 4.79 Å². The van der Waals surface area contributed by atoms with E-state index in [4.69, 9.17) is 11.6 Å². The second kappa shape index (κ2) is 4.70. The molecule has 0 bridgehead atoms. The molecule has 3 heteroatoms. The third kappa shape index (κ3) is 3.02. The highest BCUT2D eigenvalue weighted by atomic mass is 35.5. The topological polar surface area (TPSA) is 20.3 Å². The maximum absolute atomic E-state index is 11.5. The summed E-state index contributed by atoms with van der Waals surface area (Å²) in [5.41, 5.74) is 0. The van der Waals surface area contributed by atoms with Crippen molar-refractivity contribution in [1.29, 1.82) is 0 Å². The van der Waals surface area contributed by atoms with Gasteiger partial charge in [0.2, 0.25) is 5.91 Å². The third-order valence-electron chi connectivity index (χ3n) is 2.25. The number of rotatable bonds is 5. The Morgan fingerprint density at radius 3 is 2.67 bits per heavy atom. The molecule has 0 saturated heterocycles. The summed E-state index contributed by atoms with van der Waals surface area (Å²) >= 11 is 5.58. The molecule has 2 nitrogen and oxygen atoms in total. The van der Waals surface area contributed by atoms with Crippen LogP contribution >= 0.6 is 11.6 Å². The van der Waals surface area contributed by atoms with E-state index in [1.165, 1.54) is 12.8 Å². The third-order valence-corrected chi connectivity index (χ3v) is 2.42. The van der Waals surface area contributed by atoms with Crippen LogP contribution in [0.25, 0.3) is 0 Å². The van der Waals surface area contributed by atoms with Crippen molar-refractivity contribution in [2.45, 2.75) is 26.2 Å². The Balaban J connectivity index is 2.24. The van der Waals surface area contributed by atoms with E-state index in [9.17, 15) is 4.79 Å². The highest BCUT2D eigenvalue weighted by Gasteiger charge is 2.26. The standard InChI is InChI=1S/C9H16ClNO/c1-2-11(6-5-10)9(12)7-8-3-4-8/h8H,2-7H2,1H3. The number of hydrogen-bond acceptors (Lipinski definition) is 1. The van der Waals surface area contributed by atoms with Crippen LogP contribution in [0.4, 0.5) is 0 Å². The van der Waals surface area contributed by atoms with Crippen LogP contribution in [0.5, 0.6) is 0 Å². The number of nitrogens with zero attached hydrogens (tertiary/aromatic N) is 1. The van der Waals surface area contributed by atoms with E-state index in [-0.39, 0.29) is 5.91 Å². The van der Waals surface area contributed by atoms with Crippen LogP contribution in [0.3, 0.4) is 0 Å². The highest BCUT2D eigenvalue weighted by molar-refractivity contribution is 6.18. The molecule has 1 aliphatic carbocycles. The molecule has 0 aromatic heterocycles. The molecule has 0 radical (unpaired) electrons. The van der Waals surface area contributed by atoms with Gasteiger partial charge in [0, 0.05) is 25.4 Å². The average molecular weight is 190 g/mol. The fraction of sp³-hybridized carbons (Fsp3) is 0.889. The van der Waals surface area contributed by atoms with Gasteiger partial charge < -0.3 is 4.90 Å². The number of amides is 1. The molecule has 0 N–H and O–H groups in total. The van der Waals surface area contributed by atoms with Crippen molar-refractivity contribution in [3.63, 3.8) is 0 Å². The lowest BCUT2D eigenvalue weighted by Crippen LogP contribution is -2.32. The van der Waals surface area contributed by atoms with E-state index in [1.54, 1.807) is 0 Å². The Kier molecular flexibility index (Phi) is 3.86. The first-order valence-electron chi connectivity index (χ1n) is 4.61. The van der Waals surface area contributed by atoms with Crippen LogP contribution in [0.2, 0.25) is 0 Å². The summed E-state index contributed by atoms with van der Waals surface area (Å²) in [5, 5.41) is 0. The zero-order valence-corrected chi connectivity index (χ0v) is 8.31. The molecule has 0 spiro atoms. The van der Waals surface area contributed by atoms with Crippen LogP contribution in [-0.4, -0.2) is 29.8 Å². The van der Waals surface area contributed by atoms with E-state index in [1.807, 2.05) is 11.8 Å². The zero-order chi connectivity index (χ0) is 8.97. The summed E-state index contributed by atoms with van der Waals surface area (Å²) in [6.07, 6.45) is 3.22. The second-order valence-electron chi connectivity index (χ2n) is 3.31. The van der Waals surface area contributed by atoms with Gasteiger partial charge in [-0.05, 0) is 25.7 Å². The lowest BCUT2D eigenvalue weighted by atomic mass is 10.2. The van der Waals surface area contributed by atoms with Crippen molar-refractivity contribution in [3.05, 3.63) is 0 Å². The lowest BCUT2D eigenvalue weighted by molar-refractivity contribution is -0.131. The summed E-state index contributed by atoms with van der Waals surface area (Å²) in [5.74, 6) is 1.51. The minimum atomic E-state index is 0.278. The molecule has 0 aliphatic heterocycles. The molecule has 1 fully saturated rings. The molecule has 12 heavy (non-hydrogen) atoms. The maximum Gasteiger partial charge on any atom is 0.222 e. The SMILES string of the molecule is CCN(CCCl)C(=O)CC1CC1. The van der Waals surface area contributed by atoms with Crippen molar-refractivity contribution in [2.75, 3.05) is 19.0 Å². The lowest BCUT2D eigenvalue weighted by Gasteiger charge is -2.19. The summed E-state index contributed by atoms with van der Waals surface area (Å²) in [6, 6.07) is 0. The minimum absolute atomic E-state index is 0.278. The van der Waals surface area contributed by atoms with Crippen LogP contribution in [-0.2, 0) is 4.79 Å². The second-order valence-corrected chi connectivity index (χ2v) is 3.69. The predicted octanol–water partition coefficient (Wildman–Crippen LogP) is 1.87. The van der Waals surface area contributed by atoms with E-state index < -0.39 is 0 Å². The van der Waals surface area contributed by atoms with Gasteiger partial charge in [0.25, 0.3) is 0 Å². The van der Waals surface area contributed by atoms with Crippen molar-refractivity contribution < 1.29 is 4.79 Å². The summed E-state index contributed by atoms with van der Waals surface area (Å²) in [6.45, 7) is 3.49. The number of hydrogen-bond donors (Lipinski definition) is 0. The predicted molar refractivity (Wildman–Crippen MR) is 50.3 cm³/mol. The fourth-order valence-electron chi connectivity index (χ4n) is 1.26. The van der Waals surface area contributed by atoms with E-state index in [0.717, 1.165) is 13.0 Å². The monoisotopic (exact) mass is 189 g/mol. The van der Waals surface area contributed by atoms with Crippen LogP contribution < -0.4 is 0 Å². The Hall–Kier alpha value is -0.240. The molecule has 1 rings (SSSR count). The Morgan fingerprint density at radius 2 is 2.25 bits per heavy atom. The van der Waals surface area contributed by atoms with E-state index >= 15 is 0 Å². The molecular weight excluding hydrogens is 174 g/mol. The summed E-state index contributed by atoms with van der Waals surface area (Å²) in [7, 11) is 0. The quantitative estimate of drug-likeness (QED) is 0.605. The van der Waals surface area contributed by atoms with Crippen molar-refractivity contribution in [3.8, 4) is 0 Å². The average Bonchev–Trinajstić information content (AvgIpc) is 2.83. The van der Waals surface area contributed by atoms with Crippen molar-refractivity contribution >= 4 is 17.5 Å². The van der Waals surface area contributed by atoms with Gasteiger partial charge in [0.15, 0.2) is 0 Å². The molecule has 1 aliphatic rings. The van der Waals surface area contributed by atoms with Crippen LogP contribution in [0.1, 0.15) is 26.2 Å². The molecule has 0 aromatic rings. The normalized spacial score (nSPS) is 16.2. The van der Waals surface area contributed by atoms with Gasteiger partial charge in [-0.25, -0.2) is 0 Å². The number of halogens is 1. The van der Waals surface area contributed by atoms with Gasteiger partial charge in [-0.15, -0.1) is 11.6 Å². The highest BCUT2D eigenvalue weighted by Crippen LogP contribution is 2.32. The number of carbonyl (C=O) groups is 1. The van der Waals surface area contributed by atoms with Crippen LogP contribution in [0, 0.1) is 5.92 Å². The fourth-order valence-corrected chi connectivity index (χ4v) is 1.46. The molecule has 1 amide bonds. The van der Waals surface area contributed by atoms with Crippen LogP contribution in [0.15, 0.2) is 0 Å². The van der Waals surface area contributed by atoms with Gasteiger partial charge in [-0.1, -0.05) is 0 Å². The first kappa shape index (κ1) is 9.85. The largest absolute Gasteiger partial charge is 0.342 e.